The zero-order valence-electron chi connectivity index (χ0n) is 8.80. The van der Waals surface area contributed by atoms with E-state index in [0.29, 0.717) is 17.3 Å². The van der Waals surface area contributed by atoms with Crippen molar-refractivity contribution in [2.24, 2.45) is 5.73 Å². The smallest absolute Gasteiger partial charge is 0.274 e. The highest BCUT2D eigenvalue weighted by atomic mass is 16.1. The predicted molar refractivity (Wildman–Crippen MR) is 60.2 cm³/mol. The third-order valence-corrected chi connectivity index (χ3v) is 2.40. The Hall–Kier alpha value is -2.17. The first-order valence-corrected chi connectivity index (χ1v) is 4.94. The first-order valence-electron chi connectivity index (χ1n) is 4.94. The van der Waals surface area contributed by atoms with E-state index in [4.69, 9.17) is 5.73 Å². The lowest BCUT2D eigenvalue weighted by Gasteiger charge is -2.06. The third kappa shape index (κ3) is 1.46. The van der Waals surface area contributed by atoms with Gasteiger partial charge in [0, 0.05) is 11.9 Å². The van der Waals surface area contributed by atoms with Crippen LogP contribution >= 0.6 is 0 Å². The average molecular weight is 217 g/mol. The van der Waals surface area contributed by atoms with Crippen LogP contribution in [-0.4, -0.2) is 15.7 Å². The number of carbonyl (C=O) groups excluding carboxylic acids is 1. The van der Waals surface area contributed by atoms with Crippen LogP contribution in [0.1, 0.15) is 17.4 Å². The Morgan fingerprint density at radius 1 is 1.38 bits per heavy atom. The summed E-state index contributed by atoms with van der Waals surface area (Å²) in [6.07, 6.45) is 0. The molecule has 0 saturated carbocycles. The summed E-state index contributed by atoms with van der Waals surface area (Å²) in [7, 11) is 0. The van der Waals surface area contributed by atoms with Crippen LogP contribution in [0, 0.1) is 0 Å². The molecule has 0 atom stereocenters. The molecule has 2 rings (SSSR count). The molecular formula is C11H11N3O2. The Bertz CT molecular complexity index is 616. The number of rotatable bonds is 2. The fourth-order valence-electron chi connectivity index (χ4n) is 1.63. The van der Waals surface area contributed by atoms with Crippen LogP contribution in [0.25, 0.3) is 10.8 Å². The first kappa shape index (κ1) is 10.4. The van der Waals surface area contributed by atoms with E-state index in [0.717, 1.165) is 0 Å². The summed E-state index contributed by atoms with van der Waals surface area (Å²) in [6.45, 7) is 2.19. The zero-order chi connectivity index (χ0) is 11.7. The lowest BCUT2D eigenvalue weighted by molar-refractivity contribution is 0.0995. The van der Waals surface area contributed by atoms with Crippen molar-refractivity contribution in [3.8, 4) is 0 Å². The van der Waals surface area contributed by atoms with E-state index in [1.54, 1.807) is 31.2 Å². The second-order valence-electron chi connectivity index (χ2n) is 3.38. The molecule has 0 unspecified atom stereocenters. The second-order valence-corrected chi connectivity index (χ2v) is 3.38. The fraction of sp³-hybridized carbons (Fsp3) is 0.182. The van der Waals surface area contributed by atoms with Crippen molar-refractivity contribution in [3.63, 3.8) is 0 Å². The van der Waals surface area contributed by atoms with Gasteiger partial charge in [0.1, 0.15) is 0 Å². The summed E-state index contributed by atoms with van der Waals surface area (Å²) in [5, 5.41) is 4.92. The minimum Gasteiger partial charge on any atom is -0.364 e. The molecule has 5 nitrogen and oxygen atoms in total. The van der Waals surface area contributed by atoms with Gasteiger partial charge in [-0.3, -0.25) is 9.59 Å². The molecule has 0 saturated heterocycles. The topological polar surface area (TPSA) is 78.0 Å². The van der Waals surface area contributed by atoms with E-state index >= 15 is 0 Å². The third-order valence-electron chi connectivity index (χ3n) is 2.40. The molecule has 0 aliphatic heterocycles. The summed E-state index contributed by atoms with van der Waals surface area (Å²) in [4.78, 5) is 23.1. The molecule has 0 aliphatic carbocycles. The molecule has 0 aliphatic rings. The molecule has 0 radical (unpaired) electrons. The molecule has 1 heterocycles. The number of primary amides is 1. The standard InChI is InChI=1S/C11H11N3O2/c1-2-14-11(16)8-6-4-3-5-7(8)9(13-14)10(12)15/h3-6H,2H2,1H3,(H2,12,15). The molecule has 5 heteroatoms. The number of carbonyl (C=O) groups is 1. The Labute approximate surface area is 91.5 Å². The van der Waals surface area contributed by atoms with E-state index in [9.17, 15) is 9.59 Å². The monoisotopic (exact) mass is 217 g/mol. The Kier molecular flexibility index (Phi) is 2.44. The van der Waals surface area contributed by atoms with Gasteiger partial charge in [-0.05, 0) is 13.0 Å². The molecule has 1 aromatic carbocycles. The van der Waals surface area contributed by atoms with Gasteiger partial charge >= 0.3 is 0 Å². The largest absolute Gasteiger partial charge is 0.364 e. The van der Waals surface area contributed by atoms with Crippen LogP contribution in [0.3, 0.4) is 0 Å². The summed E-state index contributed by atoms with van der Waals surface area (Å²) >= 11 is 0. The molecule has 1 aromatic heterocycles. The van der Waals surface area contributed by atoms with Gasteiger partial charge in [-0.15, -0.1) is 0 Å². The number of nitrogens with zero attached hydrogens (tertiary/aromatic N) is 2. The molecule has 2 N–H and O–H groups in total. The van der Waals surface area contributed by atoms with Gasteiger partial charge in [-0.1, -0.05) is 18.2 Å². The molecule has 82 valence electrons. The number of aryl methyl sites for hydroxylation is 1. The predicted octanol–water partition coefficient (Wildman–Crippen LogP) is 0.515. The summed E-state index contributed by atoms with van der Waals surface area (Å²) < 4.78 is 1.24. The summed E-state index contributed by atoms with van der Waals surface area (Å²) in [5.41, 5.74) is 5.17. The van der Waals surface area contributed by atoms with Crippen molar-refractivity contribution in [2.75, 3.05) is 0 Å². The van der Waals surface area contributed by atoms with E-state index in [-0.39, 0.29) is 11.3 Å². The van der Waals surface area contributed by atoms with Crippen molar-refractivity contribution < 1.29 is 4.79 Å². The van der Waals surface area contributed by atoms with Crippen molar-refractivity contribution in [1.82, 2.24) is 9.78 Å². The Balaban J connectivity index is 2.96. The first-order chi connectivity index (χ1) is 7.65. The number of hydrogen-bond donors (Lipinski definition) is 1. The highest BCUT2D eigenvalue weighted by molar-refractivity contribution is 6.03. The minimum atomic E-state index is -0.626. The van der Waals surface area contributed by atoms with Crippen LogP contribution in [-0.2, 0) is 6.54 Å². The number of fused-ring (bicyclic) bond motifs is 1. The SMILES string of the molecule is CCn1nc(C(N)=O)c2ccccc2c1=O. The van der Waals surface area contributed by atoms with Crippen molar-refractivity contribution >= 4 is 16.7 Å². The Morgan fingerprint density at radius 3 is 2.56 bits per heavy atom. The van der Waals surface area contributed by atoms with E-state index in [1.165, 1.54) is 4.68 Å². The van der Waals surface area contributed by atoms with Gasteiger partial charge in [0.2, 0.25) is 0 Å². The molecular weight excluding hydrogens is 206 g/mol. The molecule has 0 fully saturated rings. The number of hydrogen-bond acceptors (Lipinski definition) is 3. The number of amides is 1. The van der Waals surface area contributed by atoms with Crippen LogP contribution in [0.2, 0.25) is 0 Å². The lowest BCUT2D eigenvalue weighted by Crippen LogP contribution is -2.27. The van der Waals surface area contributed by atoms with Crippen molar-refractivity contribution in [3.05, 3.63) is 40.3 Å². The second kappa shape index (κ2) is 3.77. The summed E-state index contributed by atoms with van der Waals surface area (Å²) in [6, 6.07) is 6.82. The van der Waals surface area contributed by atoms with Crippen LogP contribution in [0.5, 0.6) is 0 Å². The lowest BCUT2D eigenvalue weighted by atomic mass is 10.1. The van der Waals surface area contributed by atoms with E-state index in [1.807, 2.05) is 0 Å². The van der Waals surface area contributed by atoms with Crippen LogP contribution in [0.15, 0.2) is 29.1 Å². The van der Waals surface area contributed by atoms with Gasteiger partial charge in [0.15, 0.2) is 5.69 Å². The number of aromatic nitrogens is 2. The highest BCUT2D eigenvalue weighted by Gasteiger charge is 2.12. The van der Waals surface area contributed by atoms with Crippen LogP contribution < -0.4 is 11.3 Å². The summed E-state index contributed by atoms with van der Waals surface area (Å²) in [5.74, 6) is -0.626. The number of benzene rings is 1. The van der Waals surface area contributed by atoms with E-state index in [2.05, 4.69) is 5.10 Å². The van der Waals surface area contributed by atoms with E-state index < -0.39 is 5.91 Å². The van der Waals surface area contributed by atoms with Gasteiger partial charge < -0.3 is 5.73 Å². The fourth-order valence-corrected chi connectivity index (χ4v) is 1.63. The van der Waals surface area contributed by atoms with Gasteiger partial charge in [0.05, 0.1) is 5.39 Å². The van der Waals surface area contributed by atoms with Crippen molar-refractivity contribution in [2.45, 2.75) is 13.5 Å². The zero-order valence-corrected chi connectivity index (χ0v) is 8.80. The minimum absolute atomic E-state index is 0.136. The highest BCUT2D eigenvalue weighted by Crippen LogP contribution is 2.12. The van der Waals surface area contributed by atoms with Gasteiger partial charge in [-0.25, -0.2) is 4.68 Å². The molecule has 1 amide bonds. The normalized spacial score (nSPS) is 10.6. The molecule has 16 heavy (non-hydrogen) atoms. The quantitative estimate of drug-likeness (QED) is 0.796. The average Bonchev–Trinajstić information content (AvgIpc) is 2.29. The van der Waals surface area contributed by atoms with Crippen molar-refractivity contribution in [1.29, 1.82) is 0 Å². The molecule has 2 aromatic rings. The molecule has 0 spiro atoms. The van der Waals surface area contributed by atoms with Gasteiger partial charge in [-0.2, -0.15) is 5.10 Å². The maximum atomic E-state index is 11.9. The Morgan fingerprint density at radius 2 is 2.00 bits per heavy atom. The molecule has 0 bridgehead atoms. The van der Waals surface area contributed by atoms with Crippen LogP contribution in [0.4, 0.5) is 0 Å². The maximum absolute atomic E-state index is 11.9. The van der Waals surface area contributed by atoms with Gasteiger partial charge in [0.25, 0.3) is 11.5 Å². The number of nitrogens with two attached hydrogens (primary N) is 1. The maximum Gasteiger partial charge on any atom is 0.274 e.